The van der Waals surface area contributed by atoms with E-state index in [1.807, 2.05) is 0 Å². The molecule has 3 aliphatic heterocycles. The molecule has 0 aromatic rings. The molecule has 3 heterocycles. The molecule has 3 rings (SSSR count). The molecule has 62 valence electrons. The van der Waals surface area contributed by atoms with Crippen LogP contribution in [0.15, 0.2) is 0 Å². The van der Waals surface area contributed by atoms with Crippen molar-refractivity contribution in [3.63, 3.8) is 0 Å². The summed E-state index contributed by atoms with van der Waals surface area (Å²) < 4.78 is 5.77. The molecule has 4 unspecified atom stereocenters. The van der Waals surface area contributed by atoms with E-state index in [1.165, 1.54) is 13.0 Å². The van der Waals surface area contributed by atoms with Crippen LogP contribution in [0.4, 0.5) is 0 Å². The summed E-state index contributed by atoms with van der Waals surface area (Å²) in [5.74, 6) is 5.45. The fraction of sp³-hybridized carbons (Fsp3) is 1.00. The quantitative estimate of drug-likeness (QED) is 0.364. The summed E-state index contributed by atoms with van der Waals surface area (Å²) >= 11 is 0. The maximum absolute atomic E-state index is 5.77. The Morgan fingerprint density at radius 3 is 3.00 bits per heavy atom. The molecule has 0 aliphatic carbocycles. The van der Waals surface area contributed by atoms with Crippen molar-refractivity contribution in [1.82, 2.24) is 10.3 Å². The van der Waals surface area contributed by atoms with Crippen LogP contribution in [0.25, 0.3) is 0 Å². The van der Waals surface area contributed by atoms with Crippen LogP contribution in [0.5, 0.6) is 0 Å². The summed E-state index contributed by atoms with van der Waals surface area (Å²) in [6.45, 7) is 2.28. The van der Waals surface area contributed by atoms with Gasteiger partial charge in [0.1, 0.15) is 0 Å². The molecule has 0 radical (unpaired) electrons. The smallest absolute Gasteiger partial charge is 0.0889 e. The van der Waals surface area contributed by atoms with Crippen molar-refractivity contribution >= 4 is 0 Å². The van der Waals surface area contributed by atoms with E-state index in [9.17, 15) is 0 Å². The number of rotatable bonds is 1. The largest absolute Gasteiger partial charge is 0.370 e. The number of hydrazine groups is 1. The van der Waals surface area contributed by atoms with Gasteiger partial charge in [-0.25, -0.2) is 0 Å². The zero-order valence-corrected chi connectivity index (χ0v) is 6.36. The molecule has 4 heteroatoms. The summed E-state index contributed by atoms with van der Waals surface area (Å²) in [4.78, 5) is 2.49. The van der Waals surface area contributed by atoms with E-state index >= 15 is 0 Å². The van der Waals surface area contributed by atoms with Crippen molar-refractivity contribution in [2.75, 3.05) is 13.1 Å². The Kier molecular flexibility index (Phi) is 1.13. The van der Waals surface area contributed by atoms with Gasteiger partial charge in [-0.2, -0.15) is 0 Å². The van der Waals surface area contributed by atoms with E-state index in [2.05, 4.69) is 10.3 Å². The molecule has 0 amide bonds. The topological polar surface area (TPSA) is 50.5 Å². The Morgan fingerprint density at radius 1 is 1.45 bits per heavy atom. The lowest BCUT2D eigenvalue weighted by atomic mass is 10.1. The number of nitrogens with one attached hydrogen (secondary N) is 1. The number of nitrogens with zero attached hydrogens (tertiary/aromatic N) is 1. The fourth-order valence-electron chi connectivity index (χ4n) is 2.79. The summed E-state index contributed by atoms with van der Waals surface area (Å²) in [7, 11) is 0. The van der Waals surface area contributed by atoms with Crippen molar-refractivity contribution in [3.8, 4) is 0 Å². The first-order valence-electron chi connectivity index (χ1n) is 4.26. The predicted octanol–water partition coefficient (Wildman–Crippen LogP) is -1.33. The minimum Gasteiger partial charge on any atom is -0.370 e. The van der Waals surface area contributed by atoms with Crippen molar-refractivity contribution in [2.24, 2.45) is 5.84 Å². The average molecular weight is 155 g/mol. The minimum absolute atomic E-state index is 0.359. The van der Waals surface area contributed by atoms with E-state index in [-0.39, 0.29) is 0 Å². The van der Waals surface area contributed by atoms with E-state index in [0.717, 1.165) is 6.54 Å². The molecule has 3 aliphatic rings. The van der Waals surface area contributed by atoms with Gasteiger partial charge in [-0.3, -0.25) is 16.2 Å². The number of hydrogen-bond acceptors (Lipinski definition) is 4. The SMILES string of the molecule is NNC1C2CN3CCC(O2)C13. The Labute approximate surface area is 65.6 Å². The highest BCUT2D eigenvalue weighted by molar-refractivity contribution is 5.11. The molecule has 0 saturated carbocycles. The average Bonchev–Trinajstić information content (AvgIpc) is 2.55. The molecule has 3 saturated heterocycles. The third-order valence-electron chi connectivity index (χ3n) is 3.23. The zero-order valence-electron chi connectivity index (χ0n) is 6.36. The second-order valence-electron chi connectivity index (χ2n) is 3.68. The van der Waals surface area contributed by atoms with Crippen molar-refractivity contribution in [3.05, 3.63) is 0 Å². The number of morpholine rings is 1. The van der Waals surface area contributed by atoms with Gasteiger partial charge in [0.05, 0.1) is 24.3 Å². The molecule has 2 bridgehead atoms. The van der Waals surface area contributed by atoms with Crippen LogP contribution in [0, 0.1) is 0 Å². The Bertz CT molecular complexity index is 173. The summed E-state index contributed by atoms with van der Waals surface area (Å²) in [6, 6.07) is 0.965. The molecule has 4 atom stereocenters. The molecular weight excluding hydrogens is 142 g/mol. The lowest BCUT2D eigenvalue weighted by Crippen LogP contribution is -2.45. The Balaban J connectivity index is 1.93. The molecule has 0 aromatic heterocycles. The second-order valence-corrected chi connectivity index (χ2v) is 3.68. The van der Waals surface area contributed by atoms with E-state index < -0.39 is 0 Å². The monoisotopic (exact) mass is 155 g/mol. The van der Waals surface area contributed by atoms with Crippen LogP contribution in [-0.2, 0) is 4.74 Å². The van der Waals surface area contributed by atoms with Crippen molar-refractivity contribution < 1.29 is 4.74 Å². The molecule has 11 heavy (non-hydrogen) atoms. The van der Waals surface area contributed by atoms with Crippen molar-refractivity contribution in [2.45, 2.75) is 30.7 Å². The van der Waals surface area contributed by atoms with Crippen LogP contribution in [0.2, 0.25) is 0 Å². The second kappa shape index (κ2) is 1.95. The fourth-order valence-corrected chi connectivity index (χ4v) is 2.79. The standard InChI is InChI=1S/C7H13N3O/c8-9-6-5-3-10-2-1-4(11-5)7(6)10/h4-7,9H,1-3,8H2. The highest BCUT2D eigenvalue weighted by atomic mass is 16.5. The van der Waals surface area contributed by atoms with Gasteiger partial charge < -0.3 is 4.74 Å². The van der Waals surface area contributed by atoms with Gasteiger partial charge in [0.25, 0.3) is 0 Å². The van der Waals surface area contributed by atoms with Gasteiger partial charge >= 0.3 is 0 Å². The highest BCUT2D eigenvalue weighted by Crippen LogP contribution is 2.39. The molecule has 0 aromatic carbocycles. The van der Waals surface area contributed by atoms with E-state index in [0.29, 0.717) is 24.3 Å². The van der Waals surface area contributed by atoms with Gasteiger partial charge in [-0.1, -0.05) is 0 Å². The van der Waals surface area contributed by atoms with Gasteiger partial charge in [0.15, 0.2) is 0 Å². The van der Waals surface area contributed by atoms with Gasteiger partial charge in [0.2, 0.25) is 0 Å². The number of nitrogens with two attached hydrogens (primary N) is 1. The minimum atomic E-state index is 0.359. The Hall–Kier alpha value is -0.160. The maximum Gasteiger partial charge on any atom is 0.0889 e. The van der Waals surface area contributed by atoms with Gasteiger partial charge in [0, 0.05) is 13.1 Å². The first-order chi connectivity index (χ1) is 5.40. The molecular formula is C7H13N3O. The van der Waals surface area contributed by atoms with Crippen LogP contribution in [0.3, 0.4) is 0 Å². The predicted molar refractivity (Wildman–Crippen MR) is 39.8 cm³/mol. The number of fused-ring (bicyclic) bond motifs is 1. The lowest BCUT2D eigenvalue weighted by molar-refractivity contribution is 0.00820. The van der Waals surface area contributed by atoms with Crippen LogP contribution >= 0.6 is 0 Å². The first kappa shape index (κ1) is 6.37. The summed E-state index contributed by atoms with van der Waals surface area (Å²) in [6.07, 6.45) is 2.02. The van der Waals surface area contributed by atoms with Crippen LogP contribution < -0.4 is 11.3 Å². The third kappa shape index (κ3) is 0.636. The highest BCUT2D eigenvalue weighted by Gasteiger charge is 2.56. The normalized spacial score (nSPS) is 54.3. The van der Waals surface area contributed by atoms with E-state index in [4.69, 9.17) is 10.6 Å². The third-order valence-corrected chi connectivity index (χ3v) is 3.23. The first-order valence-corrected chi connectivity index (χ1v) is 4.26. The van der Waals surface area contributed by atoms with Gasteiger partial charge in [-0.15, -0.1) is 0 Å². The molecule has 3 N–H and O–H groups in total. The van der Waals surface area contributed by atoms with Gasteiger partial charge in [-0.05, 0) is 6.42 Å². The van der Waals surface area contributed by atoms with Crippen LogP contribution in [-0.4, -0.2) is 42.3 Å². The van der Waals surface area contributed by atoms with Crippen LogP contribution in [0.1, 0.15) is 6.42 Å². The number of hydrogen-bond donors (Lipinski definition) is 2. The van der Waals surface area contributed by atoms with Crippen molar-refractivity contribution in [1.29, 1.82) is 0 Å². The Morgan fingerprint density at radius 2 is 2.36 bits per heavy atom. The molecule has 3 fully saturated rings. The zero-order chi connectivity index (χ0) is 7.42. The van der Waals surface area contributed by atoms with E-state index in [1.54, 1.807) is 0 Å². The molecule has 0 spiro atoms. The summed E-state index contributed by atoms with van der Waals surface area (Å²) in [5, 5.41) is 0. The summed E-state index contributed by atoms with van der Waals surface area (Å²) in [5.41, 5.74) is 2.86. The maximum atomic E-state index is 5.77. The number of ether oxygens (including phenoxy) is 1. The lowest BCUT2D eigenvalue weighted by Gasteiger charge is -2.21. The molecule has 4 nitrogen and oxygen atoms in total.